The number of benzene rings is 2. The van der Waals surface area contributed by atoms with Crippen molar-refractivity contribution >= 4 is 32.0 Å². The molecule has 104 valence electrons. The van der Waals surface area contributed by atoms with Crippen molar-refractivity contribution in [2.45, 2.75) is 4.90 Å². The molecule has 7 heteroatoms. The molecule has 2 aromatic rings. The molecule has 0 saturated carbocycles. The third kappa shape index (κ3) is 2.57. The molecule has 0 radical (unpaired) electrons. The Hall–Kier alpha value is -2.54. The molecule has 0 atom stereocenters. The summed E-state index contributed by atoms with van der Waals surface area (Å²) in [4.78, 5) is 12.0. The van der Waals surface area contributed by atoms with Crippen LogP contribution < -0.4 is 17.2 Å². The van der Waals surface area contributed by atoms with Crippen molar-refractivity contribution in [3.8, 4) is 0 Å². The number of rotatable bonds is 2. The van der Waals surface area contributed by atoms with E-state index < -0.39 is 15.0 Å². The van der Waals surface area contributed by atoms with E-state index in [1.165, 1.54) is 42.5 Å². The van der Waals surface area contributed by atoms with Crippen LogP contribution in [0.4, 0.5) is 17.1 Å². The first-order chi connectivity index (χ1) is 9.30. The lowest BCUT2D eigenvalue weighted by molar-refractivity contribution is 0.107. The van der Waals surface area contributed by atoms with Crippen LogP contribution in [0, 0.1) is 0 Å². The molecular weight excluding hydrogens is 278 g/mol. The number of nitrogens with two attached hydrogens (primary N) is 3. The van der Waals surface area contributed by atoms with Gasteiger partial charge in [0.05, 0.1) is 4.90 Å². The van der Waals surface area contributed by atoms with Gasteiger partial charge >= 0.3 is 0 Å². The number of nitrogen functional groups attached to an aromatic ring is 3. The minimum atomic E-state index is -4.15. The van der Waals surface area contributed by atoms with Crippen LogP contribution in [-0.4, -0.2) is 13.5 Å². The highest BCUT2D eigenvalue weighted by atomic mass is 32.2. The molecule has 6 N–H and O–H groups in total. The molecule has 20 heavy (non-hydrogen) atoms. The summed E-state index contributed by atoms with van der Waals surface area (Å²) in [6, 6.07) is 9.35. The minimum Gasteiger partial charge on any atom is -0.399 e. The number of carbonyl (C=O) groups is 1. The molecule has 0 bridgehead atoms. The third-order valence-electron chi connectivity index (χ3n) is 2.65. The van der Waals surface area contributed by atoms with Crippen LogP contribution in [0.2, 0.25) is 0 Å². The van der Waals surface area contributed by atoms with Gasteiger partial charge in [0.2, 0.25) is 9.84 Å². The molecule has 0 amide bonds. The van der Waals surface area contributed by atoms with Crippen LogP contribution in [0.15, 0.2) is 47.4 Å². The van der Waals surface area contributed by atoms with Gasteiger partial charge in [0.1, 0.15) is 0 Å². The largest absolute Gasteiger partial charge is 0.399 e. The standard InChI is InChI=1S/C13H13N3O3S/c14-9-1-3-12(4-2-9)20(18,19)13(17)8-5-10(15)7-11(16)6-8/h1-7H,14-16H2. The van der Waals surface area contributed by atoms with Gasteiger partial charge in [-0.2, -0.15) is 0 Å². The van der Waals surface area contributed by atoms with E-state index in [1.807, 2.05) is 0 Å². The lowest BCUT2D eigenvalue weighted by atomic mass is 10.2. The first-order valence-electron chi connectivity index (χ1n) is 5.62. The van der Waals surface area contributed by atoms with Crippen molar-refractivity contribution in [1.29, 1.82) is 0 Å². The Bertz CT molecular complexity index is 748. The Morgan fingerprint density at radius 3 is 1.80 bits per heavy atom. The summed E-state index contributed by atoms with van der Waals surface area (Å²) in [5, 5.41) is -1.05. The Morgan fingerprint density at radius 2 is 1.30 bits per heavy atom. The molecular formula is C13H13N3O3S. The van der Waals surface area contributed by atoms with Gasteiger partial charge in [-0.25, -0.2) is 8.42 Å². The van der Waals surface area contributed by atoms with Crippen LogP contribution in [0.25, 0.3) is 0 Å². The van der Waals surface area contributed by atoms with Gasteiger partial charge in [0, 0.05) is 22.6 Å². The van der Waals surface area contributed by atoms with Crippen LogP contribution in [0.3, 0.4) is 0 Å². The number of carbonyl (C=O) groups excluding carboxylic acids is 1. The Balaban J connectivity index is 2.48. The molecule has 2 aromatic carbocycles. The summed E-state index contributed by atoms with van der Waals surface area (Å²) in [7, 11) is -4.15. The van der Waals surface area contributed by atoms with Crippen LogP contribution in [-0.2, 0) is 9.84 Å². The van der Waals surface area contributed by atoms with Crippen molar-refractivity contribution in [2.75, 3.05) is 17.2 Å². The average molecular weight is 291 g/mol. The average Bonchev–Trinajstić information content (AvgIpc) is 2.37. The van der Waals surface area contributed by atoms with E-state index in [4.69, 9.17) is 17.2 Å². The molecule has 0 aliphatic carbocycles. The monoisotopic (exact) mass is 291 g/mol. The van der Waals surface area contributed by atoms with Crippen molar-refractivity contribution in [3.05, 3.63) is 48.0 Å². The van der Waals surface area contributed by atoms with E-state index in [0.29, 0.717) is 5.69 Å². The second-order valence-electron chi connectivity index (χ2n) is 4.25. The van der Waals surface area contributed by atoms with Gasteiger partial charge in [-0.15, -0.1) is 0 Å². The summed E-state index contributed by atoms with van der Waals surface area (Å²) >= 11 is 0. The first kappa shape index (κ1) is 13.9. The smallest absolute Gasteiger partial charge is 0.281 e. The summed E-state index contributed by atoms with van der Waals surface area (Å²) in [5.74, 6) is 0. The SMILES string of the molecule is Nc1ccc(S(=O)(=O)C(=O)c2cc(N)cc(N)c2)cc1. The van der Waals surface area contributed by atoms with Crippen LogP contribution in [0.1, 0.15) is 10.4 Å². The normalized spacial score (nSPS) is 11.2. The Kier molecular flexibility index (Phi) is 3.37. The molecule has 0 fully saturated rings. The molecule has 0 aromatic heterocycles. The molecule has 0 aliphatic heterocycles. The van der Waals surface area contributed by atoms with E-state index in [1.54, 1.807) is 0 Å². The van der Waals surface area contributed by atoms with E-state index >= 15 is 0 Å². The van der Waals surface area contributed by atoms with E-state index in [2.05, 4.69) is 0 Å². The molecule has 0 saturated heterocycles. The topological polar surface area (TPSA) is 129 Å². The predicted molar refractivity (Wildman–Crippen MR) is 77.6 cm³/mol. The fourth-order valence-electron chi connectivity index (χ4n) is 1.70. The zero-order chi connectivity index (χ0) is 14.9. The van der Waals surface area contributed by atoms with Gasteiger partial charge in [0.25, 0.3) is 5.12 Å². The zero-order valence-electron chi connectivity index (χ0n) is 10.4. The molecule has 0 spiro atoms. The number of hydrogen-bond donors (Lipinski definition) is 3. The molecule has 2 rings (SSSR count). The molecule has 0 heterocycles. The van der Waals surface area contributed by atoms with E-state index in [9.17, 15) is 13.2 Å². The lowest BCUT2D eigenvalue weighted by Crippen LogP contribution is -2.16. The summed E-state index contributed by atoms with van der Waals surface area (Å²) in [6.07, 6.45) is 0. The number of hydrogen-bond acceptors (Lipinski definition) is 6. The third-order valence-corrected chi connectivity index (χ3v) is 4.26. The van der Waals surface area contributed by atoms with Gasteiger partial charge in [-0.1, -0.05) is 0 Å². The zero-order valence-corrected chi connectivity index (χ0v) is 11.2. The van der Waals surface area contributed by atoms with Crippen molar-refractivity contribution < 1.29 is 13.2 Å². The molecule has 6 nitrogen and oxygen atoms in total. The highest BCUT2D eigenvalue weighted by Gasteiger charge is 2.26. The Morgan fingerprint density at radius 1 is 0.800 bits per heavy atom. The summed E-state index contributed by atoms with van der Waals surface area (Å²) < 4.78 is 24.4. The van der Waals surface area contributed by atoms with Gasteiger partial charge in [-0.3, -0.25) is 4.79 Å². The summed E-state index contributed by atoms with van der Waals surface area (Å²) in [5.41, 5.74) is 17.4. The molecule has 0 unspecified atom stereocenters. The quantitative estimate of drug-likeness (QED) is 0.709. The van der Waals surface area contributed by atoms with E-state index in [-0.39, 0.29) is 21.8 Å². The number of anilines is 3. The number of sulfone groups is 1. The van der Waals surface area contributed by atoms with E-state index in [0.717, 1.165) is 0 Å². The van der Waals surface area contributed by atoms with Crippen molar-refractivity contribution in [2.24, 2.45) is 0 Å². The maximum Gasteiger partial charge on any atom is 0.281 e. The van der Waals surface area contributed by atoms with Gasteiger partial charge < -0.3 is 17.2 Å². The highest BCUT2D eigenvalue weighted by Crippen LogP contribution is 2.21. The Labute approximate surface area is 116 Å². The second kappa shape index (κ2) is 4.86. The van der Waals surface area contributed by atoms with Crippen LogP contribution >= 0.6 is 0 Å². The fourth-order valence-corrected chi connectivity index (χ4v) is 2.84. The van der Waals surface area contributed by atoms with Crippen LogP contribution in [0.5, 0.6) is 0 Å². The van der Waals surface area contributed by atoms with Gasteiger partial charge in [-0.05, 0) is 42.5 Å². The fraction of sp³-hybridized carbons (Fsp3) is 0. The minimum absolute atomic E-state index is 0.0701. The first-order valence-corrected chi connectivity index (χ1v) is 7.10. The lowest BCUT2D eigenvalue weighted by Gasteiger charge is -2.06. The van der Waals surface area contributed by atoms with Gasteiger partial charge in [0.15, 0.2) is 0 Å². The second-order valence-corrected chi connectivity index (χ2v) is 6.10. The van der Waals surface area contributed by atoms with Crippen molar-refractivity contribution in [3.63, 3.8) is 0 Å². The molecule has 0 aliphatic rings. The predicted octanol–water partition coefficient (Wildman–Crippen LogP) is 1.05. The maximum absolute atomic E-state index is 12.2. The summed E-state index contributed by atoms with van der Waals surface area (Å²) in [6.45, 7) is 0. The van der Waals surface area contributed by atoms with Crippen molar-refractivity contribution in [1.82, 2.24) is 0 Å². The highest BCUT2D eigenvalue weighted by molar-refractivity contribution is 8.06. The maximum atomic E-state index is 12.2.